The summed E-state index contributed by atoms with van der Waals surface area (Å²) in [6.45, 7) is 0.673. The summed E-state index contributed by atoms with van der Waals surface area (Å²) in [5.74, 6) is 1.29. The Morgan fingerprint density at radius 1 is 1.00 bits per heavy atom. The van der Waals surface area contributed by atoms with Crippen LogP contribution in [-0.4, -0.2) is 73.7 Å². The number of hydrogen-bond donors (Lipinski definition) is 2. The number of rotatable bonds is 3. The zero-order chi connectivity index (χ0) is 29.5. The molecule has 2 N–H and O–H groups in total. The number of carbonyl (C=O) groups excluding carboxylic acids is 3. The Hall–Kier alpha value is -4.80. The van der Waals surface area contributed by atoms with Gasteiger partial charge in [-0.1, -0.05) is 12.1 Å². The molecule has 1 fully saturated rings. The fraction of sp³-hybridized carbons (Fsp3) is 0.355. The number of pyridine rings is 1. The third-order valence-corrected chi connectivity index (χ3v) is 7.32. The predicted molar refractivity (Wildman–Crippen MR) is 153 cm³/mol. The number of carbonyl (C=O) groups is 3. The van der Waals surface area contributed by atoms with Crippen LogP contribution in [0.3, 0.4) is 0 Å². The molecule has 2 atom stereocenters. The Kier molecular flexibility index (Phi) is 9.05. The van der Waals surface area contributed by atoms with Crippen LogP contribution in [-0.2, 0) is 22.6 Å². The van der Waals surface area contributed by atoms with E-state index < -0.39 is 12.1 Å². The Balaban J connectivity index is 1.42. The average Bonchev–Trinajstić information content (AvgIpc) is 3.02. The third kappa shape index (κ3) is 6.91. The second kappa shape index (κ2) is 13.2. The maximum absolute atomic E-state index is 13.2. The highest BCUT2D eigenvalue weighted by atomic mass is 16.5. The molecule has 1 aromatic heterocycles. The summed E-state index contributed by atoms with van der Waals surface area (Å²) >= 11 is 0. The Morgan fingerprint density at radius 3 is 2.64 bits per heavy atom. The van der Waals surface area contributed by atoms with Gasteiger partial charge in [0.1, 0.15) is 23.3 Å². The first-order valence-corrected chi connectivity index (χ1v) is 13.8. The number of piperidine rings is 1. The van der Waals surface area contributed by atoms with Crippen LogP contribution in [0.1, 0.15) is 34.5 Å². The molecule has 1 saturated heterocycles. The van der Waals surface area contributed by atoms with Crippen molar-refractivity contribution in [2.24, 2.45) is 0 Å². The van der Waals surface area contributed by atoms with Crippen molar-refractivity contribution in [1.82, 2.24) is 20.5 Å². The Morgan fingerprint density at radius 2 is 1.86 bits per heavy atom. The Bertz CT molecular complexity index is 1430. The van der Waals surface area contributed by atoms with E-state index in [-0.39, 0.29) is 37.3 Å². The van der Waals surface area contributed by atoms with E-state index in [1.54, 1.807) is 54.6 Å². The normalized spacial score (nSPS) is 19.4. The van der Waals surface area contributed by atoms with Crippen LogP contribution in [0.2, 0.25) is 0 Å². The molecule has 0 unspecified atom stereocenters. The second-order valence-corrected chi connectivity index (χ2v) is 10.1. The minimum absolute atomic E-state index is 0.109. The number of nitrogens with zero attached hydrogens (tertiary/aromatic N) is 2. The number of aryl methyl sites for hydroxylation is 1. The molecule has 0 radical (unpaired) electrons. The van der Waals surface area contributed by atoms with Crippen molar-refractivity contribution < 1.29 is 33.3 Å². The van der Waals surface area contributed by atoms with Crippen LogP contribution in [0.5, 0.6) is 23.0 Å². The molecule has 11 heteroatoms. The molecule has 4 heterocycles. The molecule has 3 amide bonds. The van der Waals surface area contributed by atoms with Gasteiger partial charge in [-0.25, -0.2) is 0 Å². The van der Waals surface area contributed by atoms with Gasteiger partial charge in [0.05, 0.1) is 20.3 Å². The lowest BCUT2D eigenvalue weighted by molar-refractivity contribution is -0.125. The monoisotopic (exact) mass is 574 g/mol. The number of hydrogen-bond acceptors (Lipinski definition) is 8. The highest BCUT2D eigenvalue weighted by Gasteiger charge is 2.35. The van der Waals surface area contributed by atoms with Gasteiger partial charge < -0.3 is 34.5 Å². The highest BCUT2D eigenvalue weighted by Crippen LogP contribution is 2.30. The van der Waals surface area contributed by atoms with Crippen LogP contribution in [0.25, 0.3) is 0 Å². The van der Waals surface area contributed by atoms with E-state index in [9.17, 15) is 14.4 Å². The average molecular weight is 575 g/mol. The number of ether oxygens (including phenoxy) is 4. The van der Waals surface area contributed by atoms with Crippen molar-refractivity contribution in [3.05, 3.63) is 77.6 Å². The number of likely N-dealkylation sites (tertiary alicyclic amines) is 1. The number of nitrogens with one attached hydrogen (secondary N) is 2. The minimum atomic E-state index is -0.525. The van der Waals surface area contributed by atoms with Crippen LogP contribution < -0.4 is 29.6 Å². The molecule has 0 spiro atoms. The van der Waals surface area contributed by atoms with Crippen molar-refractivity contribution in [2.75, 3.05) is 33.9 Å². The quantitative estimate of drug-likeness (QED) is 0.489. The first-order chi connectivity index (χ1) is 20.4. The summed E-state index contributed by atoms with van der Waals surface area (Å²) in [5, 5.41) is 5.96. The molecule has 11 nitrogen and oxygen atoms in total. The number of aromatic nitrogens is 1. The lowest BCUT2D eigenvalue weighted by atomic mass is 10.0. The van der Waals surface area contributed by atoms with Crippen molar-refractivity contribution in [3.63, 3.8) is 0 Å². The third-order valence-electron chi connectivity index (χ3n) is 7.32. The number of fused-ring (bicyclic) bond motifs is 9. The largest absolute Gasteiger partial charge is 0.496 e. The summed E-state index contributed by atoms with van der Waals surface area (Å²) in [4.78, 5) is 44.8. The van der Waals surface area contributed by atoms with E-state index in [0.717, 1.165) is 11.1 Å². The smallest absolute Gasteiger partial charge is 0.272 e. The van der Waals surface area contributed by atoms with Gasteiger partial charge in [0.2, 0.25) is 5.91 Å². The fourth-order valence-electron chi connectivity index (χ4n) is 5.09. The van der Waals surface area contributed by atoms with Crippen LogP contribution >= 0.6 is 0 Å². The predicted octanol–water partition coefficient (Wildman–Crippen LogP) is 2.52. The van der Waals surface area contributed by atoms with Crippen LogP contribution in [0.15, 0.2) is 60.8 Å². The molecule has 2 aromatic carbocycles. The standard InChI is InChI=1S/C31H34N4O7/c1-39-26-10-6-20-7-11-29(36)33-17-21-8-9-22(16-27(21)40-2)42-25-12-14-35(31(38)23-5-3-4-13-32-23)18-24(25)34-30(37)19-41-28(26)15-20/h3-6,8-10,13,15-16,24-25H,7,11-12,14,17-19H2,1-2H3,(H,33,36)(H,34,37)/t24-,25+/m1/s1. The van der Waals surface area contributed by atoms with E-state index >= 15 is 0 Å². The van der Waals surface area contributed by atoms with Gasteiger partial charge in [0, 0.05) is 50.3 Å². The van der Waals surface area contributed by atoms with Crippen LogP contribution in [0.4, 0.5) is 0 Å². The highest BCUT2D eigenvalue weighted by molar-refractivity contribution is 5.92. The fourth-order valence-corrected chi connectivity index (χ4v) is 5.09. The Labute approximate surface area is 244 Å². The van der Waals surface area contributed by atoms with Gasteiger partial charge in [-0.05, 0) is 48.4 Å². The summed E-state index contributed by atoms with van der Waals surface area (Å²) in [7, 11) is 3.08. The number of benzene rings is 2. The van der Waals surface area contributed by atoms with Crippen molar-refractivity contribution in [1.29, 1.82) is 0 Å². The van der Waals surface area contributed by atoms with E-state index in [1.165, 1.54) is 7.11 Å². The van der Waals surface area contributed by atoms with Crippen molar-refractivity contribution >= 4 is 17.7 Å². The molecular weight excluding hydrogens is 540 g/mol. The number of methoxy groups -OCH3 is 2. The van der Waals surface area contributed by atoms with Gasteiger partial charge in [-0.2, -0.15) is 0 Å². The summed E-state index contributed by atoms with van der Waals surface area (Å²) in [5.41, 5.74) is 2.00. The molecule has 0 saturated carbocycles. The zero-order valence-corrected chi connectivity index (χ0v) is 23.6. The maximum atomic E-state index is 13.2. The molecule has 42 heavy (non-hydrogen) atoms. The summed E-state index contributed by atoms with van der Waals surface area (Å²) in [6, 6.07) is 15.5. The van der Waals surface area contributed by atoms with Gasteiger partial charge in [-0.15, -0.1) is 0 Å². The molecule has 0 aliphatic carbocycles. The topological polar surface area (TPSA) is 128 Å². The lowest BCUT2D eigenvalue weighted by Crippen LogP contribution is -2.58. The van der Waals surface area contributed by atoms with E-state index in [2.05, 4.69) is 15.6 Å². The zero-order valence-electron chi connectivity index (χ0n) is 23.6. The first-order valence-electron chi connectivity index (χ1n) is 13.8. The van der Waals surface area contributed by atoms with Crippen molar-refractivity contribution in [2.45, 2.75) is 38.0 Å². The van der Waals surface area contributed by atoms with E-state index in [0.29, 0.717) is 54.6 Å². The lowest BCUT2D eigenvalue weighted by Gasteiger charge is -2.38. The second-order valence-electron chi connectivity index (χ2n) is 10.1. The molecule has 220 valence electrons. The molecule has 3 aliphatic heterocycles. The summed E-state index contributed by atoms with van der Waals surface area (Å²) in [6.07, 6.45) is 2.36. The molecule has 3 aromatic rings. The first kappa shape index (κ1) is 28.7. The number of amides is 3. The van der Waals surface area contributed by atoms with E-state index in [4.69, 9.17) is 18.9 Å². The van der Waals surface area contributed by atoms with Gasteiger partial charge in [0.25, 0.3) is 11.8 Å². The molecule has 4 bridgehead atoms. The molecule has 3 aliphatic rings. The SMILES string of the molecule is COc1cc2ccc1CNC(=O)CCc1ccc(OC)c(c1)OCC(=O)N[C@@H]1CN(C(=O)c3ccccn3)CC[C@@H]1O2. The maximum Gasteiger partial charge on any atom is 0.272 e. The van der Waals surface area contributed by atoms with Gasteiger partial charge in [-0.3, -0.25) is 19.4 Å². The minimum Gasteiger partial charge on any atom is -0.496 e. The summed E-state index contributed by atoms with van der Waals surface area (Å²) < 4.78 is 23.2. The van der Waals surface area contributed by atoms with Gasteiger partial charge in [0.15, 0.2) is 18.1 Å². The molecular formula is C31H34N4O7. The van der Waals surface area contributed by atoms with Crippen LogP contribution in [0, 0.1) is 0 Å². The van der Waals surface area contributed by atoms with Gasteiger partial charge >= 0.3 is 0 Å². The van der Waals surface area contributed by atoms with Crippen molar-refractivity contribution in [3.8, 4) is 23.0 Å². The molecule has 6 rings (SSSR count). The van der Waals surface area contributed by atoms with E-state index in [1.807, 2.05) is 18.2 Å².